The smallest absolute Gasteiger partial charge is 0.234 e. The minimum absolute atomic E-state index is 0.0160. The van der Waals surface area contributed by atoms with Gasteiger partial charge in [-0.2, -0.15) is 0 Å². The van der Waals surface area contributed by atoms with Crippen molar-refractivity contribution < 1.29 is 9.59 Å². The normalized spacial score (nSPS) is 10.7. The molecule has 0 aliphatic carbocycles. The lowest BCUT2D eigenvalue weighted by Gasteiger charge is -2.14. The van der Waals surface area contributed by atoms with Crippen molar-refractivity contribution in [3.63, 3.8) is 0 Å². The molecular weight excluding hydrogens is 272 g/mol. The van der Waals surface area contributed by atoms with Crippen molar-refractivity contribution in [3.05, 3.63) is 21.3 Å². The lowest BCUT2D eigenvalue weighted by atomic mass is 10.3. The van der Waals surface area contributed by atoms with Crippen molar-refractivity contribution in [2.24, 2.45) is 0 Å². The standard InChI is InChI=1S/C12H17ClN2O2S/c1-3-6-14-12(17)8-15(2)7-9(16)10-4-5-11(13)18-10/h4-5H,3,6-8H2,1-2H3,(H,14,17). The van der Waals surface area contributed by atoms with E-state index in [2.05, 4.69) is 5.32 Å². The largest absolute Gasteiger partial charge is 0.355 e. The van der Waals surface area contributed by atoms with Gasteiger partial charge < -0.3 is 5.32 Å². The van der Waals surface area contributed by atoms with E-state index in [0.29, 0.717) is 15.8 Å². The van der Waals surface area contributed by atoms with E-state index in [9.17, 15) is 9.59 Å². The Labute approximate surface area is 116 Å². The van der Waals surface area contributed by atoms with E-state index in [1.807, 2.05) is 6.92 Å². The van der Waals surface area contributed by atoms with Gasteiger partial charge in [0, 0.05) is 6.54 Å². The Morgan fingerprint density at radius 3 is 2.67 bits per heavy atom. The van der Waals surface area contributed by atoms with E-state index >= 15 is 0 Å². The summed E-state index contributed by atoms with van der Waals surface area (Å²) in [4.78, 5) is 25.6. The maximum Gasteiger partial charge on any atom is 0.234 e. The fourth-order valence-corrected chi connectivity index (χ4v) is 2.38. The number of ketones is 1. The molecule has 0 spiro atoms. The molecule has 6 heteroatoms. The zero-order chi connectivity index (χ0) is 13.5. The number of halogens is 1. The number of likely N-dealkylation sites (N-methyl/N-ethyl adjacent to an activating group) is 1. The van der Waals surface area contributed by atoms with E-state index in [-0.39, 0.29) is 24.8 Å². The second kappa shape index (κ2) is 7.51. The molecule has 1 N–H and O–H groups in total. The number of nitrogens with one attached hydrogen (secondary N) is 1. The summed E-state index contributed by atoms with van der Waals surface area (Å²) >= 11 is 7.03. The Hall–Kier alpha value is -0.910. The summed E-state index contributed by atoms with van der Waals surface area (Å²) in [5.41, 5.74) is 0. The highest BCUT2D eigenvalue weighted by atomic mass is 35.5. The van der Waals surface area contributed by atoms with Gasteiger partial charge in [0.1, 0.15) is 0 Å². The van der Waals surface area contributed by atoms with E-state index in [0.717, 1.165) is 6.42 Å². The lowest BCUT2D eigenvalue weighted by Crippen LogP contribution is -2.37. The van der Waals surface area contributed by atoms with Gasteiger partial charge in [-0.1, -0.05) is 18.5 Å². The zero-order valence-electron chi connectivity index (χ0n) is 10.5. The number of thiophene rings is 1. The molecule has 0 unspecified atom stereocenters. The summed E-state index contributed by atoms with van der Waals surface area (Å²) < 4.78 is 0.599. The predicted octanol–water partition coefficient (Wildman–Crippen LogP) is 2.04. The van der Waals surface area contributed by atoms with Crippen molar-refractivity contribution in [1.82, 2.24) is 10.2 Å². The fraction of sp³-hybridized carbons (Fsp3) is 0.500. The number of rotatable bonds is 7. The predicted molar refractivity (Wildman–Crippen MR) is 74.5 cm³/mol. The first kappa shape index (κ1) is 15.1. The molecule has 0 aliphatic rings. The number of hydrogen-bond acceptors (Lipinski definition) is 4. The molecule has 18 heavy (non-hydrogen) atoms. The molecule has 1 rings (SSSR count). The summed E-state index contributed by atoms with van der Waals surface area (Å²) in [6, 6.07) is 3.41. The van der Waals surface area contributed by atoms with Crippen molar-refractivity contribution >= 4 is 34.6 Å². The van der Waals surface area contributed by atoms with Gasteiger partial charge in [0.05, 0.1) is 22.3 Å². The Morgan fingerprint density at radius 2 is 2.11 bits per heavy atom. The molecule has 1 aromatic heterocycles. The molecule has 1 heterocycles. The molecule has 0 aromatic carbocycles. The molecule has 100 valence electrons. The molecule has 0 aliphatic heterocycles. The number of carbonyl (C=O) groups is 2. The average molecular weight is 289 g/mol. The minimum atomic E-state index is -0.0589. The maximum atomic E-state index is 11.8. The minimum Gasteiger partial charge on any atom is -0.355 e. The highest BCUT2D eigenvalue weighted by molar-refractivity contribution is 7.18. The SMILES string of the molecule is CCCNC(=O)CN(C)CC(=O)c1ccc(Cl)s1. The third kappa shape index (κ3) is 5.16. The summed E-state index contributed by atoms with van der Waals surface area (Å²) in [7, 11) is 1.75. The third-order valence-corrected chi connectivity index (χ3v) is 3.52. The quantitative estimate of drug-likeness (QED) is 0.781. The van der Waals surface area contributed by atoms with Gasteiger partial charge in [0.15, 0.2) is 5.78 Å². The molecule has 0 bridgehead atoms. The van der Waals surface area contributed by atoms with Crippen LogP contribution in [0, 0.1) is 0 Å². The van der Waals surface area contributed by atoms with Crippen LogP contribution in [0.5, 0.6) is 0 Å². The molecule has 0 radical (unpaired) electrons. The summed E-state index contributed by atoms with van der Waals surface area (Å²) in [5.74, 6) is -0.0750. The van der Waals surface area contributed by atoms with Crippen LogP contribution in [0.2, 0.25) is 4.34 Å². The van der Waals surface area contributed by atoms with Crippen LogP contribution in [0.3, 0.4) is 0 Å². The van der Waals surface area contributed by atoms with Gasteiger partial charge in [-0.05, 0) is 25.6 Å². The number of Topliss-reactive ketones (excluding diaryl/α,β-unsaturated/α-hetero) is 1. The first-order valence-electron chi connectivity index (χ1n) is 5.76. The lowest BCUT2D eigenvalue weighted by molar-refractivity contribution is -0.121. The number of amides is 1. The number of carbonyl (C=O) groups excluding carboxylic acids is 2. The number of hydrogen-bond donors (Lipinski definition) is 1. The Kier molecular flexibility index (Phi) is 6.32. The molecule has 0 saturated heterocycles. The average Bonchev–Trinajstić information content (AvgIpc) is 2.73. The summed E-state index contributed by atoms with van der Waals surface area (Å²) in [5, 5.41) is 2.77. The third-order valence-electron chi connectivity index (χ3n) is 2.25. The highest BCUT2D eigenvalue weighted by Crippen LogP contribution is 2.21. The second-order valence-corrected chi connectivity index (χ2v) is 5.76. The van der Waals surface area contributed by atoms with Gasteiger partial charge in [-0.3, -0.25) is 14.5 Å². The molecule has 4 nitrogen and oxygen atoms in total. The van der Waals surface area contributed by atoms with Crippen LogP contribution in [-0.4, -0.2) is 43.3 Å². The summed E-state index contributed by atoms with van der Waals surface area (Å²) in [6.07, 6.45) is 0.905. The number of nitrogens with zero attached hydrogens (tertiary/aromatic N) is 1. The monoisotopic (exact) mass is 288 g/mol. The molecule has 0 saturated carbocycles. The van der Waals surface area contributed by atoms with Crippen LogP contribution in [0.4, 0.5) is 0 Å². The van der Waals surface area contributed by atoms with Crippen molar-refractivity contribution in [2.75, 3.05) is 26.7 Å². The Bertz CT molecular complexity index is 420. The molecule has 1 aromatic rings. The van der Waals surface area contributed by atoms with Crippen LogP contribution in [0.15, 0.2) is 12.1 Å². The molecule has 0 atom stereocenters. The zero-order valence-corrected chi connectivity index (χ0v) is 12.1. The van der Waals surface area contributed by atoms with Gasteiger partial charge >= 0.3 is 0 Å². The topological polar surface area (TPSA) is 49.4 Å². The van der Waals surface area contributed by atoms with E-state index in [1.165, 1.54) is 11.3 Å². The maximum absolute atomic E-state index is 11.8. The molecule has 1 amide bonds. The fourth-order valence-electron chi connectivity index (χ4n) is 1.41. The van der Waals surface area contributed by atoms with E-state index in [1.54, 1.807) is 24.1 Å². The molecule has 0 fully saturated rings. The van der Waals surface area contributed by atoms with Crippen molar-refractivity contribution in [3.8, 4) is 0 Å². The van der Waals surface area contributed by atoms with E-state index in [4.69, 9.17) is 11.6 Å². The first-order chi connectivity index (χ1) is 8.52. The van der Waals surface area contributed by atoms with Crippen LogP contribution in [0.25, 0.3) is 0 Å². The Morgan fingerprint density at radius 1 is 1.39 bits per heavy atom. The van der Waals surface area contributed by atoms with Crippen molar-refractivity contribution in [1.29, 1.82) is 0 Å². The first-order valence-corrected chi connectivity index (χ1v) is 6.96. The van der Waals surface area contributed by atoms with E-state index < -0.39 is 0 Å². The van der Waals surface area contributed by atoms with Gasteiger partial charge in [-0.25, -0.2) is 0 Å². The molecular formula is C12H17ClN2O2S. The second-order valence-electron chi connectivity index (χ2n) is 4.05. The highest BCUT2D eigenvalue weighted by Gasteiger charge is 2.13. The van der Waals surface area contributed by atoms with Crippen LogP contribution in [0.1, 0.15) is 23.0 Å². The van der Waals surface area contributed by atoms with Crippen LogP contribution in [-0.2, 0) is 4.79 Å². The summed E-state index contributed by atoms with van der Waals surface area (Å²) in [6.45, 7) is 3.11. The van der Waals surface area contributed by atoms with Gasteiger partial charge in [0.2, 0.25) is 5.91 Å². The Balaban J connectivity index is 2.38. The van der Waals surface area contributed by atoms with Crippen LogP contribution >= 0.6 is 22.9 Å². The van der Waals surface area contributed by atoms with Gasteiger partial charge in [-0.15, -0.1) is 11.3 Å². The van der Waals surface area contributed by atoms with Gasteiger partial charge in [0.25, 0.3) is 0 Å². The van der Waals surface area contributed by atoms with Crippen molar-refractivity contribution in [2.45, 2.75) is 13.3 Å². The van der Waals surface area contributed by atoms with Crippen LogP contribution < -0.4 is 5.32 Å².